The van der Waals surface area contributed by atoms with Gasteiger partial charge >= 0.3 is 0 Å². The molecule has 0 bridgehead atoms. The highest BCUT2D eigenvalue weighted by molar-refractivity contribution is 6.07. The van der Waals surface area contributed by atoms with Crippen LogP contribution >= 0.6 is 0 Å². The molecule has 0 heterocycles. The maximum absolute atomic E-state index is 14.4. The maximum atomic E-state index is 14.4. The largest absolute Gasteiger partial charge is 0.369 e. The van der Waals surface area contributed by atoms with Crippen LogP contribution in [0.4, 0.5) is 23.2 Å². The smallest absolute Gasteiger partial charge is 0.200 e. The number of benzene rings is 2. The second-order valence-corrected chi connectivity index (χ2v) is 6.55. The van der Waals surface area contributed by atoms with Gasteiger partial charge in [-0.15, -0.1) is 0 Å². The molecule has 0 amide bonds. The molecule has 0 spiro atoms. The third kappa shape index (κ3) is 5.69. The van der Waals surface area contributed by atoms with Crippen LogP contribution in [-0.2, 0) is 11.3 Å². The summed E-state index contributed by atoms with van der Waals surface area (Å²) in [7, 11) is 0. The van der Waals surface area contributed by atoms with E-state index >= 15 is 0 Å². The van der Waals surface area contributed by atoms with Gasteiger partial charge in [0.1, 0.15) is 5.82 Å². The maximum Gasteiger partial charge on any atom is 0.200 e. The highest BCUT2D eigenvalue weighted by Gasteiger charge is 2.15. The van der Waals surface area contributed by atoms with E-state index in [4.69, 9.17) is 5.73 Å². The first-order valence-electron chi connectivity index (χ1n) is 9.17. The Hall–Kier alpha value is -3.68. The summed E-state index contributed by atoms with van der Waals surface area (Å²) >= 11 is 0. The molecule has 0 aliphatic heterocycles. The number of aldehydes is 1. The first-order chi connectivity index (χ1) is 14.7. The molecule has 162 valence electrons. The summed E-state index contributed by atoms with van der Waals surface area (Å²) in [5, 5.41) is 0. The molecule has 2 aromatic rings. The Kier molecular flexibility index (Phi) is 7.90. The normalized spacial score (nSPS) is 12.3. The van der Waals surface area contributed by atoms with Crippen LogP contribution in [0.1, 0.15) is 23.6 Å². The lowest BCUT2D eigenvalue weighted by Crippen LogP contribution is -2.32. The van der Waals surface area contributed by atoms with Gasteiger partial charge in [-0.1, -0.05) is 24.8 Å². The number of aliphatic imine (C=N–C) groups is 1. The van der Waals surface area contributed by atoms with Gasteiger partial charge < -0.3 is 10.6 Å². The van der Waals surface area contributed by atoms with E-state index < -0.39 is 23.3 Å². The minimum atomic E-state index is -1.56. The number of aryl methyl sites for hydroxylation is 1. The van der Waals surface area contributed by atoms with Crippen molar-refractivity contribution in [1.29, 1.82) is 0 Å². The fourth-order valence-corrected chi connectivity index (χ4v) is 2.80. The first kappa shape index (κ1) is 23.6. The van der Waals surface area contributed by atoms with Crippen molar-refractivity contribution in [2.24, 2.45) is 10.7 Å². The van der Waals surface area contributed by atoms with E-state index in [0.717, 1.165) is 12.1 Å². The van der Waals surface area contributed by atoms with Gasteiger partial charge in [0.05, 0.1) is 12.2 Å². The lowest BCUT2D eigenvalue weighted by Gasteiger charge is -2.20. The molecule has 4 nitrogen and oxygen atoms in total. The molecule has 0 unspecified atom stereocenters. The molecule has 0 aliphatic rings. The van der Waals surface area contributed by atoms with E-state index in [-0.39, 0.29) is 34.9 Å². The van der Waals surface area contributed by atoms with Gasteiger partial charge in [-0.05, 0) is 49.2 Å². The summed E-state index contributed by atoms with van der Waals surface area (Å²) in [5.74, 6) is -4.88. The van der Waals surface area contributed by atoms with E-state index in [1.807, 2.05) is 0 Å². The van der Waals surface area contributed by atoms with E-state index in [9.17, 15) is 22.4 Å². The number of hydrogen-bond donors (Lipinski definition) is 1. The second-order valence-electron chi connectivity index (χ2n) is 6.55. The molecule has 0 saturated carbocycles. The zero-order valence-corrected chi connectivity index (χ0v) is 17.0. The summed E-state index contributed by atoms with van der Waals surface area (Å²) in [6, 6.07) is 4.30. The minimum absolute atomic E-state index is 0.0207. The van der Waals surface area contributed by atoms with E-state index in [0.29, 0.717) is 11.8 Å². The van der Waals surface area contributed by atoms with Crippen molar-refractivity contribution >= 4 is 23.5 Å². The molecule has 31 heavy (non-hydrogen) atoms. The molecule has 2 aromatic carbocycles. The molecule has 0 fully saturated rings. The fraction of sp³-hybridized carbons (Fsp3) is 0.130. The van der Waals surface area contributed by atoms with Crippen LogP contribution < -0.4 is 5.73 Å². The number of guanidine groups is 1. The fourth-order valence-electron chi connectivity index (χ4n) is 2.80. The first-order valence-corrected chi connectivity index (χ1v) is 9.17. The Balaban J connectivity index is 2.47. The van der Waals surface area contributed by atoms with Gasteiger partial charge in [-0.3, -0.25) is 4.79 Å². The average Bonchev–Trinajstić information content (AvgIpc) is 2.72. The van der Waals surface area contributed by atoms with E-state index in [2.05, 4.69) is 11.6 Å². The zero-order valence-electron chi connectivity index (χ0n) is 17.0. The van der Waals surface area contributed by atoms with Gasteiger partial charge in [0, 0.05) is 17.3 Å². The zero-order chi connectivity index (χ0) is 23.1. The quantitative estimate of drug-likeness (QED) is 0.123. The van der Waals surface area contributed by atoms with Gasteiger partial charge in [0.25, 0.3) is 0 Å². The Morgan fingerprint density at radius 1 is 1.13 bits per heavy atom. The average molecular weight is 431 g/mol. The van der Waals surface area contributed by atoms with Gasteiger partial charge in [-0.25, -0.2) is 22.6 Å². The lowest BCUT2D eigenvalue weighted by molar-refractivity contribution is -0.103. The van der Waals surface area contributed by atoms with Crippen LogP contribution in [0, 0.1) is 30.2 Å². The van der Waals surface area contributed by atoms with E-state index in [1.165, 1.54) is 35.4 Å². The number of nitrogens with two attached hydrogens (primary N) is 1. The second kappa shape index (κ2) is 10.4. The molecule has 0 aromatic heterocycles. The molecule has 2 N–H and O–H groups in total. The van der Waals surface area contributed by atoms with Crippen molar-refractivity contribution in [2.75, 3.05) is 0 Å². The third-order valence-corrected chi connectivity index (χ3v) is 4.28. The molecule has 2 rings (SSSR count). The van der Waals surface area contributed by atoms with E-state index in [1.54, 1.807) is 19.9 Å². The molecular weight excluding hydrogens is 410 g/mol. The number of carbonyl (C=O) groups is 1. The summed E-state index contributed by atoms with van der Waals surface area (Å²) in [6.07, 6.45) is 6.36. The monoisotopic (exact) mass is 431 g/mol. The Morgan fingerprint density at radius 3 is 2.32 bits per heavy atom. The molecule has 0 aliphatic carbocycles. The minimum Gasteiger partial charge on any atom is -0.369 e. The number of carbonyl (C=O) groups excluding carboxylic acids is 1. The van der Waals surface area contributed by atoms with Crippen LogP contribution in [-0.4, -0.2) is 17.1 Å². The summed E-state index contributed by atoms with van der Waals surface area (Å²) in [4.78, 5) is 17.0. The third-order valence-electron chi connectivity index (χ3n) is 4.28. The number of rotatable bonds is 7. The van der Waals surface area contributed by atoms with Crippen LogP contribution in [0.15, 0.2) is 60.3 Å². The van der Waals surface area contributed by atoms with Crippen LogP contribution in [0.5, 0.6) is 0 Å². The van der Waals surface area contributed by atoms with Crippen molar-refractivity contribution in [1.82, 2.24) is 4.90 Å². The summed E-state index contributed by atoms with van der Waals surface area (Å²) < 4.78 is 54.7. The van der Waals surface area contributed by atoms with Crippen molar-refractivity contribution in [2.45, 2.75) is 20.4 Å². The Morgan fingerprint density at radius 2 is 1.77 bits per heavy atom. The summed E-state index contributed by atoms with van der Waals surface area (Å²) in [6.45, 7) is 6.71. The highest BCUT2D eigenvalue weighted by Crippen LogP contribution is 2.27. The van der Waals surface area contributed by atoms with Gasteiger partial charge in [0.2, 0.25) is 5.96 Å². The number of allylic oxidation sites excluding steroid dienone is 4. The number of nitrogens with zero attached hydrogens (tertiary/aromatic N) is 2. The highest BCUT2D eigenvalue weighted by atomic mass is 19.2. The standard InChI is InChI=1S/C23H21F4N3O/c1-4-6-16(13-31)17-11-21(14(3)8-18(17)24)29-23(28)30(7-5-2)12-15-9-19(25)22(27)20(26)10-15/h4-11,13H,1,12H2,2-3H3,(H2,28,29)/b7-5-,16-6+. The van der Waals surface area contributed by atoms with Crippen LogP contribution in [0.3, 0.4) is 0 Å². The number of halogens is 4. The Bertz CT molecular complexity index is 1070. The lowest BCUT2D eigenvalue weighted by atomic mass is 10.0. The van der Waals surface area contributed by atoms with Crippen LogP contribution in [0.2, 0.25) is 0 Å². The predicted molar refractivity (Wildman–Crippen MR) is 113 cm³/mol. The van der Waals surface area contributed by atoms with Crippen LogP contribution in [0.25, 0.3) is 5.57 Å². The molecule has 0 atom stereocenters. The SMILES string of the molecule is C=C/C=C(\C=O)c1cc(N=C(N)N(/C=C\C)Cc2cc(F)c(F)c(F)c2)c(C)cc1F. The van der Waals surface area contributed by atoms with Crippen molar-refractivity contribution < 1.29 is 22.4 Å². The topological polar surface area (TPSA) is 58.7 Å². The summed E-state index contributed by atoms with van der Waals surface area (Å²) in [5.41, 5.74) is 7.04. The number of hydrogen-bond acceptors (Lipinski definition) is 2. The predicted octanol–water partition coefficient (Wildman–Crippen LogP) is 5.30. The molecule has 0 saturated heterocycles. The van der Waals surface area contributed by atoms with Gasteiger partial charge in [0.15, 0.2) is 23.7 Å². The Labute approximate surface area is 177 Å². The van der Waals surface area contributed by atoms with Crippen molar-refractivity contribution in [3.05, 3.63) is 95.2 Å². The van der Waals surface area contributed by atoms with Gasteiger partial charge in [-0.2, -0.15) is 0 Å². The molecule has 0 radical (unpaired) electrons. The molecule has 8 heteroatoms. The molecular formula is C23H21F4N3O. The van der Waals surface area contributed by atoms with Crippen molar-refractivity contribution in [3.8, 4) is 0 Å². The van der Waals surface area contributed by atoms with Crippen molar-refractivity contribution in [3.63, 3.8) is 0 Å².